The topological polar surface area (TPSA) is 78.0 Å². The Labute approximate surface area is 168 Å². The second-order valence-corrected chi connectivity index (χ2v) is 7.04. The Kier molecular flexibility index (Phi) is 8.71. The number of carbonyl (C=O) groups is 1. The van der Waals surface area contributed by atoms with Gasteiger partial charge in [0.1, 0.15) is 0 Å². The summed E-state index contributed by atoms with van der Waals surface area (Å²) in [7, 11) is 1.57. The van der Waals surface area contributed by atoms with E-state index >= 15 is 0 Å². The maximum atomic E-state index is 13.7. The third kappa shape index (κ3) is 6.60. The van der Waals surface area contributed by atoms with Crippen molar-refractivity contribution in [2.24, 2.45) is 10.9 Å². The van der Waals surface area contributed by atoms with Gasteiger partial charge in [-0.3, -0.25) is 14.7 Å². The van der Waals surface area contributed by atoms with Gasteiger partial charge in [0.25, 0.3) is 0 Å². The quantitative estimate of drug-likeness (QED) is 0.358. The fourth-order valence-corrected chi connectivity index (χ4v) is 3.10. The summed E-state index contributed by atoms with van der Waals surface area (Å²) in [5.74, 6) is -4.19. The van der Waals surface area contributed by atoms with Gasteiger partial charge in [-0.1, -0.05) is 13.8 Å². The highest BCUT2D eigenvalue weighted by Gasteiger charge is 2.24. The fourth-order valence-electron chi connectivity index (χ4n) is 3.10. The number of carbonyl (C=O) groups excluding carboxylic acids is 1. The number of nitrogens with one attached hydrogen (secondary N) is 3. The summed E-state index contributed by atoms with van der Waals surface area (Å²) in [5, 5.41) is 8.22. The van der Waals surface area contributed by atoms with Gasteiger partial charge >= 0.3 is 0 Å². The number of hydrogen-bond acceptors (Lipinski definition) is 4. The molecule has 162 valence electrons. The van der Waals surface area contributed by atoms with E-state index in [1.807, 2.05) is 0 Å². The molecule has 1 atom stereocenters. The van der Waals surface area contributed by atoms with Gasteiger partial charge in [0, 0.05) is 32.7 Å². The number of anilines is 1. The number of aliphatic imine (C=N–C) groups is 1. The zero-order valence-corrected chi connectivity index (χ0v) is 16.9. The molecule has 0 radical (unpaired) electrons. The van der Waals surface area contributed by atoms with E-state index < -0.39 is 29.0 Å². The van der Waals surface area contributed by atoms with E-state index in [4.69, 9.17) is 4.74 Å². The number of guanidine groups is 1. The molecule has 1 heterocycles. The molecule has 0 saturated carbocycles. The monoisotopic (exact) mass is 415 g/mol. The van der Waals surface area contributed by atoms with E-state index in [9.17, 15) is 18.0 Å². The molecule has 0 bridgehead atoms. The molecule has 1 aliphatic heterocycles. The molecule has 0 aliphatic carbocycles. The van der Waals surface area contributed by atoms with Crippen molar-refractivity contribution >= 4 is 17.6 Å². The van der Waals surface area contributed by atoms with Crippen LogP contribution in [-0.4, -0.2) is 69.2 Å². The number of morpholine rings is 1. The van der Waals surface area contributed by atoms with Crippen LogP contribution >= 0.6 is 0 Å². The number of rotatable bonds is 7. The van der Waals surface area contributed by atoms with Crippen LogP contribution in [0.1, 0.15) is 13.8 Å². The Morgan fingerprint density at radius 1 is 1.17 bits per heavy atom. The zero-order valence-electron chi connectivity index (χ0n) is 16.9. The van der Waals surface area contributed by atoms with Crippen LogP contribution in [-0.2, 0) is 9.53 Å². The predicted octanol–water partition coefficient (Wildman–Crippen LogP) is 1.56. The Morgan fingerprint density at radius 2 is 1.86 bits per heavy atom. The van der Waals surface area contributed by atoms with Crippen LogP contribution in [0.25, 0.3) is 0 Å². The van der Waals surface area contributed by atoms with Crippen LogP contribution < -0.4 is 16.0 Å². The number of benzene rings is 1. The second-order valence-electron chi connectivity index (χ2n) is 7.04. The Balaban J connectivity index is 1.85. The predicted molar refractivity (Wildman–Crippen MR) is 105 cm³/mol. The van der Waals surface area contributed by atoms with Crippen molar-refractivity contribution in [3.8, 4) is 0 Å². The third-order valence-electron chi connectivity index (χ3n) is 4.71. The summed E-state index contributed by atoms with van der Waals surface area (Å²) in [6.45, 7) is 7.81. The Hall–Kier alpha value is -2.33. The maximum absolute atomic E-state index is 13.7. The number of amides is 1. The normalized spacial score (nSPS) is 16.6. The molecule has 3 N–H and O–H groups in total. The van der Waals surface area contributed by atoms with E-state index in [2.05, 4.69) is 39.7 Å². The summed E-state index contributed by atoms with van der Waals surface area (Å²) in [6.07, 6.45) is 0. The first-order valence-electron chi connectivity index (χ1n) is 9.53. The van der Waals surface area contributed by atoms with E-state index in [1.165, 1.54) is 0 Å². The van der Waals surface area contributed by atoms with Crippen molar-refractivity contribution in [2.45, 2.75) is 19.9 Å². The van der Waals surface area contributed by atoms with Crippen molar-refractivity contribution < 1.29 is 22.7 Å². The van der Waals surface area contributed by atoms with Crippen molar-refractivity contribution in [3.05, 3.63) is 29.6 Å². The van der Waals surface area contributed by atoms with Gasteiger partial charge in [0.2, 0.25) is 5.91 Å². The van der Waals surface area contributed by atoms with Crippen molar-refractivity contribution in [2.75, 3.05) is 51.8 Å². The molecule has 10 heteroatoms. The van der Waals surface area contributed by atoms with Gasteiger partial charge in [-0.05, 0) is 18.1 Å². The average molecular weight is 415 g/mol. The van der Waals surface area contributed by atoms with E-state index in [-0.39, 0.29) is 12.6 Å². The fraction of sp³-hybridized carbons (Fsp3) is 0.579. The second kappa shape index (κ2) is 11.0. The van der Waals surface area contributed by atoms with Gasteiger partial charge in [-0.25, -0.2) is 13.2 Å². The first-order valence-corrected chi connectivity index (χ1v) is 9.53. The molecule has 1 unspecified atom stereocenters. The molecular formula is C19H28F3N5O2. The van der Waals surface area contributed by atoms with E-state index in [0.717, 1.165) is 25.2 Å². The van der Waals surface area contributed by atoms with Crippen molar-refractivity contribution in [3.63, 3.8) is 0 Å². The van der Waals surface area contributed by atoms with Gasteiger partial charge in [0.15, 0.2) is 23.4 Å². The van der Waals surface area contributed by atoms with Crippen molar-refractivity contribution in [1.29, 1.82) is 0 Å². The van der Waals surface area contributed by atoms with Gasteiger partial charge in [-0.2, -0.15) is 0 Å². The molecule has 7 nitrogen and oxygen atoms in total. The minimum absolute atomic E-state index is 0.220. The molecule has 29 heavy (non-hydrogen) atoms. The molecule has 1 fully saturated rings. The van der Waals surface area contributed by atoms with Crippen LogP contribution in [0.2, 0.25) is 0 Å². The molecule has 1 saturated heterocycles. The standard InChI is InChI=1S/C19H28F3N5O2/c1-12(2)15(27-6-8-29-9-7-27)10-24-19(23-3)25-11-16(28)26-14-5-4-13(20)17(21)18(14)22/h4-5,12,15H,6-11H2,1-3H3,(H,26,28)(H2,23,24,25). The minimum atomic E-state index is -1.63. The number of nitrogens with zero attached hydrogens (tertiary/aromatic N) is 2. The lowest BCUT2D eigenvalue weighted by Crippen LogP contribution is -2.53. The molecule has 0 aromatic heterocycles. The highest BCUT2D eigenvalue weighted by molar-refractivity contribution is 5.95. The molecule has 0 spiro atoms. The molecule has 2 rings (SSSR count). The SMILES string of the molecule is CN=C(NCC(=O)Nc1ccc(F)c(F)c1F)NCC(C(C)C)N1CCOCC1. The average Bonchev–Trinajstić information content (AvgIpc) is 2.71. The smallest absolute Gasteiger partial charge is 0.243 e. The summed E-state index contributed by atoms with van der Waals surface area (Å²) in [5.41, 5.74) is -0.425. The largest absolute Gasteiger partial charge is 0.379 e. The third-order valence-corrected chi connectivity index (χ3v) is 4.71. The van der Waals surface area contributed by atoms with Crippen molar-refractivity contribution in [1.82, 2.24) is 15.5 Å². The van der Waals surface area contributed by atoms with Crippen LogP contribution in [0.15, 0.2) is 17.1 Å². The van der Waals surface area contributed by atoms with Crippen LogP contribution in [0.4, 0.5) is 18.9 Å². The number of ether oxygens (including phenoxy) is 1. The maximum Gasteiger partial charge on any atom is 0.243 e. The zero-order chi connectivity index (χ0) is 21.4. The van der Waals surface area contributed by atoms with Crippen LogP contribution in [0.5, 0.6) is 0 Å². The van der Waals surface area contributed by atoms with Gasteiger partial charge in [0.05, 0.1) is 25.4 Å². The Bertz CT molecular complexity index is 724. The number of hydrogen-bond donors (Lipinski definition) is 3. The minimum Gasteiger partial charge on any atom is -0.379 e. The molecule has 1 aromatic carbocycles. The summed E-state index contributed by atoms with van der Waals surface area (Å²) >= 11 is 0. The molecular weight excluding hydrogens is 387 g/mol. The van der Waals surface area contributed by atoms with E-state index in [0.29, 0.717) is 31.6 Å². The number of halogens is 3. The summed E-state index contributed by atoms with van der Waals surface area (Å²) in [4.78, 5) is 18.4. The highest BCUT2D eigenvalue weighted by Crippen LogP contribution is 2.19. The lowest BCUT2D eigenvalue weighted by Gasteiger charge is -2.37. The van der Waals surface area contributed by atoms with Crippen LogP contribution in [0, 0.1) is 23.4 Å². The van der Waals surface area contributed by atoms with Crippen LogP contribution in [0.3, 0.4) is 0 Å². The summed E-state index contributed by atoms with van der Waals surface area (Å²) < 4.78 is 45.3. The van der Waals surface area contributed by atoms with E-state index in [1.54, 1.807) is 7.05 Å². The highest BCUT2D eigenvalue weighted by atomic mass is 19.2. The lowest BCUT2D eigenvalue weighted by molar-refractivity contribution is -0.115. The molecule has 1 amide bonds. The Morgan fingerprint density at radius 3 is 2.48 bits per heavy atom. The first kappa shape index (κ1) is 23.0. The summed E-state index contributed by atoms with van der Waals surface area (Å²) in [6, 6.07) is 1.98. The first-order chi connectivity index (χ1) is 13.8. The lowest BCUT2D eigenvalue weighted by atomic mass is 10.0. The van der Waals surface area contributed by atoms with Gasteiger partial charge < -0.3 is 20.7 Å². The molecule has 1 aromatic rings. The van der Waals surface area contributed by atoms with Gasteiger partial charge in [-0.15, -0.1) is 0 Å². The molecule has 1 aliphatic rings.